The number of halogens is 2. The monoisotopic (exact) mass is 418 g/mol. The number of nitro benzene ring substituents is 1. The van der Waals surface area contributed by atoms with Gasteiger partial charge in [-0.1, -0.05) is 18.2 Å². The summed E-state index contributed by atoms with van der Waals surface area (Å²) in [6.45, 7) is 1.54. The van der Waals surface area contributed by atoms with E-state index in [1.807, 2.05) is 4.90 Å². The van der Waals surface area contributed by atoms with Crippen LogP contribution in [0.15, 0.2) is 42.5 Å². The van der Waals surface area contributed by atoms with Gasteiger partial charge in [0, 0.05) is 25.7 Å². The van der Waals surface area contributed by atoms with Crippen LogP contribution < -0.4 is 15.5 Å². The second-order valence-electron chi connectivity index (χ2n) is 7.18. The molecule has 1 amide bonds. The minimum absolute atomic E-state index is 0.0387. The molecule has 1 fully saturated rings. The van der Waals surface area contributed by atoms with Crippen molar-refractivity contribution in [3.63, 3.8) is 0 Å². The number of anilines is 1. The number of nitrogens with one attached hydrogen (secondary N) is 2. The van der Waals surface area contributed by atoms with Crippen molar-refractivity contribution in [1.82, 2.24) is 10.6 Å². The van der Waals surface area contributed by atoms with Crippen molar-refractivity contribution in [3.8, 4) is 0 Å². The molecule has 160 valence electrons. The lowest BCUT2D eigenvalue weighted by molar-refractivity contribution is -0.384. The predicted molar refractivity (Wildman–Crippen MR) is 109 cm³/mol. The van der Waals surface area contributed by atoms with Crippen LogP contribution in [-0.2, 0) is 11.2 Å². The zero-order chi connectivity index (χ0) is 21.5. The molecule has 0 spiro atoms. The summed E-state index contributed by atoms with van der Waals surface area (Å²) in [5, 5.41) is 17.5. The van der Waals surface area contributed by atoms with Gasteiger partial charge in [-0.2, -0.15) is 0 Å². The van der Waals surface area contributed by atoms with E-state index >= 15 is 0 Å². The number of carbonyl (C=O) groups excluding carboxylic acids is 1. The Labute approximate surface area is 173 Å². The summed E-state index contributed by atoms with van der Waals surface area (Å²) in [5.74, 6) is -2.21. The van der Waals surface area contributed by atoms with Crippen LogP contribution in [0.3, 0.4) is 0 Å². The number of rotatable bonds is 8. The van der Waals surface area contributed by atoms with Crippen molar-refractivity contribution in [2.24, 2.45) is 0 Å². The van der Waals surface area contributed by atoms with Gasteiger partial charge in [0.15, 0.2) is 11.6 Å². The Morgan fingerprint density at radius 2 is 1.93 bits per heavy atom. The van der Waals surface area contributed by atoms with Gasteiger partial charge in [-0.05, 0) is 43.0 Å². The fourth-order valence-corrected chi connectivity index (χ4v) is 3.63. The predicted octanol–water partition coefficient (Wildman–Crippen LogP) is 3.14. The van der Waals surface area contributed by atoms with E-state index in [4.69, 9.17) is 0 Å². The Morgan fingerprint density at radius 1 is 1.13 bits per heavy atom. The highest BCUT2D eigenvalue weighted by Gasteiger charge is 2.27. The molecule has 2 N–H and O–H groups in total. The van der Waals surface area contributed by atoms with Crippen molar-refractivity contribution in [2.75, 3.05) is 24.5 Å². The van der Waals surface area contributed by atoms with Gasteiger partial charge in [0.05, 0.1) is 17.5 Å². The Kier molecular flexibility index (Phi) is 7.29. The van der Waals surface area contributed by atoms with E-state index in [2.05, 4.69) is 10.6 Å². The zero-order valence-electron chi connectivity index (χ0n) is 16.4. The number of para-hydroxylation sites is 2. The Balaban J connectivity index is 1.51. The Hall–Kier alpha value is -3.07. The molecule has 1 saturated heterocycles. The van der Waals surface area contributed by atoms with Gasteiger partial charge in [0.1, 0.15) is 5.69 Å². The molecule has 3 rings (SSSR count). The molecular formula is C21H24F2N4O3. The van der Waals surface area contributed by atoms with Crippen LogP contribution in [0, 0.1) is 21.7 Å². The fraction of sp³-hybridized carbons (Fsp3) is 0.381. The molecule has 2 aromatic rings. The SMILES string of the molecule is O=C(Cc1ccc(F)c(F)c1)NCCNC1CCCCN1c1ccccc1[N+](=O)[O-]. The second kappa shape index (κ2) is 10.1. The summed E-state index contributed by atoms with van der Waals surface area (Å²) in [7, 11) is 0. The molecule has 0 saturated carbocycles. The Morgan fingerprint density at radius 3 is 2.70 bits per heavy atom. The molecule has 0 bridgehead atoms. The molecule has 0 aromatic heterocycles. The molecule has 9 heteroatoms. The summed E-state index contributed by atoms with van der Waals surface area (Å²) < 4.78 is 26.2. The van der Waals surface area contributed by atoms with E-state index in [9.17, 15) is 23.7 Å². The van der Waals surface area contributed by atoms with Crippen LogP contribution in [0.2, 0.25) is 0 Å². The van der Waals surface area contributed by atoms with Crippen LogP contribution in [0.5, 0.6) is 0 Å². The van der Waals surface area contributed by atoms with Crippen LogP contribution in [0.4, 0.5) is 20.2 Å². The van der Waals surface area contributed by atoms with Crippen molar-refractivity contribution in [2.45, 2.75) is 31.8 Å². The molecule has 0 radical (unpaired) electrons. The summed E-state index contributed by atoms with van der Waals surface area (Å²) in [6, 6.07) is 10.1. The first-order valence-electron chi connectivity index (χ1n) is 9.90. The topological polar surface area (TPSA) is 87.5 Å². The first-order chi connectivity index (χ1) is 14.5. The minimum atomic E-state index is -0.977. The maximum absolute atomic E-state index is 13.2. The standard InChI is InChI=1S/C21H24F2N4O3/c22-16-9-8-15(13-17(16)23)14-21(28)25-11-10-24-20-7-3-4-12-26(20)18-5-1-2-6-19(18)27(29)30/h1-2,5-6,8-9,13,20,24H,3-4,7,10-12,14H2,(H,25,28). The zero-order valence-corrected chi connectivity index (χ0v) is 16.4. The number of piperidine rings is 1. The molecule has 1 aliphatic rings. The lowest BCUT2D eigenvalue weighted by Crippen LogP contribution is -2.50. The van der Waals surface area contributed by atoms with E-state index < -0.39 is 11.6 Å². The first-order valence-corrected chi connectivity index (χ1v) is 9.90. The van der Waals surface area contributed by atoms with E-state index in [1.165, 1.54) is 12.1 Å². The number of hydrogen-bond donors (Lipinski definition) is 2. The highest BCUT2D eigenvalue weighted by atomic mass is 19.2. The van der Waals surface area contributed by atoms with Gasteiger partial charge in [0.2, 0.25) is 5.91 Å². The molecule has 0 aliphatic carbocycles. The number of nitro groups is 1. The number of carbonyl (C=O) groups is 1. The lowest BCUT2D eigenvalue weighted by Gasteiger charge is -2.37. The number of benzene rings is 2. The third-order valence-corrected chi connectivity index (χ3v) is 5.07. The van der Waals surface area contributed by atoms with Gasteiger partial charge in [0.25, 0.3) is 5.69 Å². The van der Waals surface area contributed by atoms with Gasteiger partial charge in [-0.3, -0.25) is 20.2 Å². The minimum Gasteiger partial charge on any atom is -0.355 e. The molecule has 7 nitrogen and oxygen atoms in total. The van der Waals surface area contributed by atoms with Crippen LogP contribution in [0.25, 0.3) is 0 Å². The highest BCUT2D eigenvalue weighted by Crippen LogP contribution is 2.31. The van der Waals surface area contributed by atoms with Crippen LogP contribution >= 0.6 is 0 Å². The van der Waals surface area contributed by atoms with E-state index in [1.54, 1.807) is 18.2 Å². The van der Waals surface area contributed by atoms with Crippen LogP contribution in [-0.4, -0.2) is 36.6 Å². The van der Waals surface area contributed by atoms with Gasteiger partial charge >= 0.3 is 0 Å². The van der Waals surface area contributed by atoms with E-state index in [0.717, 1.165) is 31.4 Å². The largest absolute Gasteiger partial charge is 0.355 e. The summed E-state index contributed by atoms with van der Waals surface area (Å²) in [5.41, 5.74) is 1.06. The van der Waals surface area contributed by atoms with Gasteiger partial charge in [-0.15, -0.1) is 0 Å². The first kappa shape index (κ1) is 21.6. The van der Waals surface area contributed by atoms with Gasteiger partial charge in [-0.25, -0.2) is 8.78 Å². The maximum Gasteiger partial charge on any atom is 0.292 e. The molecular weight excluding hydrogens is 394 g/mol. The average molecular weight is 418 g/mol. The molecule has 1 unspecified atom stereocenters. The molecule has 1 heterocycles. The number of hydrogen-bond acceptors (Lipinski definition) is 5. The number of nitrogens with zero attached hydrogens (tertiary/aromatic N) is 2. The van der Waals surface area contributed by atoms with Crippen molar-refractivity contribution >= 4 is 17.3 Å². The maximum atomic E-state index is 13.2. The smallest absolute Gasteiger partial charge is 0.292 e. The van der Waals surface area contributed by atoms with Gasteiger partial charge < -0.3 is 10.2 Å². The molecule has 30 heavy (non-hydrogen) atoms. The Bertz CT molecular complexity index is 910. The normalized spacial score (nSPS) is 16.3. The third-order valence-electron chi connectivity index (χ3n) is 5.07. The highest BCUT2D eigenvalue weighted by molar-refractivity contribution is 5.78. The molecule has 1 atom stereocenters. The molecule has 1 aliphatic heterocycles. The van der Waals surface area contributed by atoms with E-state index in [0.29, 0.717) is 30.9 Å². The molecule has 2 aromatic carbocycles. The lowest BCUT2D eigenvalue weighted by atomic mass is 10.1. The van der Waals surface area contributed by atoms with E-state index in [-0.39, 0.29) is 29.1 Å². The summed E-state index contributed by atoms with van der Waals surface area (Å²) >= 11 is 0. The van der Waals surface area contributed by atoms with Crippen molar-refractivity contribution in [1.29, 1.82) is 0 Å². The van der Waals surface area contributed by atoms with Crippen molar-refractivity contribution in [3.05, 3.63) is 69.8 Å². The van der Waals surface area contributed by atoms with Crippen molar-refractivity contribution < 1.29 is 18.5 Å². The second-order valence-corrected chi connectivity index (χ2v) is 7.18. The number of amides is 1. The summed E-state index contributed by atoms with van der Waals surface area (Å²) in [6.07, 6.45) is 2.70. The quantitative estimate of drug-likeness (QED) is 0.391. The fourth-order valence-electron chi connectivity index (χ4n) is 3.63. The average Bonchev–Trinajstić information content (AvgIpc) is 2.74. The summed E-state index contributed by atoms with van der Waals surface area (Å²) in [4.78, 5) is 25.0. The van der Waals surface area contributed by atoms with Crippen LogP contribution in [0.1, 0.15) is 24.8 Å². The third kappa shape index (κ3) is 5.50.